The smallest absolute Gasteiger partial charge is 0.336 e. The first-order valence-electron chi connectivity index (χ1n) is 11.0. The summed E-state index contributed by atoms with van der Waals surface area (Å²) in [6.07, 6.45) is 3.47. The van der Waals surface area contributed by atoms with Crippen molar-refractivity contribution in [2.75, 3.05) is 5.73 Å². The van der Waals surface area contributed by atoms with E-state index in [0.29, 0.717) is 28.0 Å². The van der Waals surface area contributed by atoms with Gasteiger partial charge in [0.25, 0.3) is 0 Å². The number of nitrogens with zero attached hydrogens (tertiary/aromatic N) is 7. The van der Waals surface area contributed by atoms with Crippen molar-refractivity contribution in [1.29, 1.82) is 5.26 Å². The number of nitrogen functional groups attached to an aromatic ring is 1. The zero-order chi connectivity index (χ0) is 24.5. The summed E-state index contributed by atoms with van der Waals surface area (Å²) in [6.45, 7) is 6.08. The van der Waals surface area contributed by atoms with Gasteiger partial charge in [-0.3, -0.25) is 9.97 Å². The van der Waals surface area contributed by atoms with Crippen LogP contribution in [0.15, 0.2) is 54.9 Å². The van der Waals surface area contributed by atoms with Crippen molar-refractivity contribution in [2.24, 2.45) is 0 Å². The number of rotatable bonds is 5. The molecule has 0 saturated heterocycles. The third kappa shape index (κ3) is 4.02. The maximum atomic E-state index is 9.72. The Morgan fingerprint density at radius 2 is 1.80 bits per heavy atom. The average Bonchev–Trinajstić information content (AvgIpc) is 3.30. The van der Waals surface area contributed by atoms with Gasteiger partial charge < -0.3 is 10.5 Å². The highest BCUT2D eigenvalue weighted by atomic mass is 16.5. The van der Waals surface area contributed by atoms with Crippen molar-refractivity contribution in [2.45, 2.75) is 27.4 Å². The van der Waals surface area contributed by atoms with Gasteiger partial charge in [-0.05, 0) is 55.7 Å². The number of hydrogen-bond donors (Lipinski definition) is 1. The van der Waals surface area contributed by atoms with E-state index in [9.17, 15) is 5.26 Å². The molecule has 0 saturated carbocycles. The minimum absolute atomic E-state index is 0.130. The Morgan fingerprint density at radius 1 is 0.971 bits per heavy atom. The van der Waals surface area contributed by atoms with E-state index in [0.717, 1.165) is 28.1 Å². The van der Waals surface area contributed by atoms with E-state index in [1.807, 2.05) is 57.2 Å². The summed E-state index contributed by atoms with van der Waals surface area (Å²) in [6, 6.07) is 15.5. The van der Waals surface area contributed by atoms with Gasteiger partial charge in [-0.1, -0.05) is 24.3 Å². The predicted octanol–water partition coefficient (Wildman–Crippen LogP) is 4.21. The van der Waals surface area contributed by atoms with Crippen molar-refractivity contribution < 1.29 is 4.74 Å². The molecule has 5 rings (SSSR count). The summed E-state index contributed by atoms with van der Waals surface area (Å²) in [4.78, 5) is 18.1. The first-order valence-corrected chi connectivity index (χ1v) is 11.0. The number of pyridine rings is 2. The van der Waals surface area contributed by atoms with Crippen LogP contribution in [0.3, 0.4) is 0 Å². The van der Waals surface area contributed by atoms with E-state index in [4.69, 9.17) is 10.5 Å². The number of aryl methyl sites for hydroxylation is 3. The number of anilines is 1. The summed E-state index contributed by atoms with van der Waals surface area (Å²) in [5.74, 6) is 0.130. The number of aromatic nitrogens is 6. The van der Waals surface area contributed by atoms with Crippen molar-refractivity contribution in [1.82, 2.24) is 29.5 Å². The minimum Gasteiger partial charge on any atom is -0.456 e. The Labute approximate surface area is 201 Å². The zero-order valence-corrected chi connectivity index (χ0v) is 19.5. The molecular formula is C26H22N8O. The van der Waals surface area contributed by atoms with E-state index in [2.05, 4.69) is 31.1 Å². The van der Waals surface area contributed by atoms with E-state index in [1.54, 1.807) is 18.5 Å². The van der Waals surface area contributed by atoms with Crippen LogP contribution in [0.4, 0.5) is 5.95 Å². The first kappa shape index (κ1) is 22.0. The Morgan fingerprint density at radius 3 is 2.60 bits per heavy atom. The molecule has 2 N–H and O–H groups in total. The number of nitrogens with two attached hydrogens (primary N) is 1. The molecule has 1 aromatic carbocycles. The molecular weight excluding hydrogens is 440 g/mol. The highest BCUT2D eigenvalue weighted by Crippen LogP contribution is 2.37. The predicted molar refractivity (Wildman–Crippen MR) is 131 cm³/mol. The van der Waals surface area contributed by atoms with Gasteiger partial charge in [-0.2, -0.15) is 14.8 Å². The Bertz CT molecular complexity index is 1620. The van der Waals surface area contributed by atoms with Crippen LogP contribution in [0.2, 0.25) is 0 Å². The van der Waals surface area contributed by atoms with Gasteiger partial charge in [0.05, 0.1) is 28.6 Å². The number of nitriles is 1. The van der Waals surface area contributed by atoms with Gasteiger partial charge in [0.1, 0.15) is 6.61 Å². The second-order valence-electron chi connectivity index (χ2n) is 8.18. The van der Waals surface area contributed by atoms with Crippen LogP contribution < -0.4 is 10.5 Å². The molecule has 172 valence electrons. The molecule has 9 heteroatoms. The van der Waals surface area contributed by atoms with Crippen LogP contribution in [0.25, 0.3) is 28.0 Å². The van der Waals surface area contributed by atoms with Gasteiger partial charge in [0.15, 0.2) is 5.65 Å². The number of benzene rings is 1. The van der Waals surface area contributed by atoms with Crippen LogP contribution in [0.1, 0.15) is 28.1 Å². The van der Waals surface area contributed by atoms with Crippen molar-refractivity contribution in [3.63, 3.8) is 0 Å². The maximum absolute atomic E-state index is 9.72. The van der Waals surface area contributed by atoms with Crippen molar-refractivity contribution in [3.05, 3.63) is 82.9 Å². The molecule has 0 aliphatic carbocycles. The summed E-state index contributed by atoms with van der Waals surface area (Å²) in [7, 11) is 0. The quantitative estimate of drug-likeness (QED) is 0.411. The second kappa shape index (κ2) is 8.83. The molecule has 0 bridgehead atoms. The van der Waals surface area contributed by atoms with Crippen LogP contribution in [-0.4, -0.2) is 29.5 Å². The SMILES string of the molecule is Cc1ccc(C)c(COc2nc3c(-c4ccncc4C)c(-c4ccccc4C#N)nc(N)n3n2)n1. The minimum atomic E-state index is 0.130. The molecule has 0 radical (unpaired) electrons. The second-order valence-corrected chi connectivity index (χ2v) is 8.18. The van der Waals surface area contributed by atoms with Gasteiger partial charge in [0.2, 0.25) is 5.95 Å². The van der Waals surface area contributed by atoms with Crippen LogP contribution in [0.5, 0.6) is 6.01 Å². The van der Waals surface area contributed by atoms with Crippen LogP contribution in [0, 0.1) is 32.1 Å². The molecule has 9 nitrogen and oxygen atoms in total. The highest BCUT2D eigenvalue weighted by Gasteiger charge is 2.23. The van der Waals surface area contributed by atoms with Crippen LogP contribution in [-0.2, 0) is 6.61 Å². The fraction of sp³-hybridized carbons (Fsp3) is 0.154. The normalized spacial score (nSPS) is 10.9. The van der Waals surface area contributed by atoms with E-state index >= 15 is 0 Å². The molecule has 35 heavy (non-hydrogen) atoms. The van der Waals surface area contributed by atoms with Gasteiger partial charge in [-0.15, -0.1) is 5.10 Å². The molecule has 0 amide bonds. The summed E-state index contributed by atoms with van der Waals surface area (Å²) in [5, 5.41) is 14.2. The van der Waals surface area contributed by atoms with E-state index in [-0.39, 0.29) is 18.6 Å². The van der Waals surface area contributed by atoms with Gasteiger partial charge in [-0.25, -0.2) is 4.98 Å². The molecule has 5 aromatic rings. The number of ether oxygens (including phenoxy) is 1. The standard InChI is InChI=1S/C26H22N8O/c1-15-8-9-17(3)30-21(15)14-35-26-32-24-22(19-10-11-29-13-16(19)2)23(31-25(28)34(24)33-26)20-7-5-4-6-18(20)12-27/h4-11,13H,14H2,1-3H3,(H2,28,31). The monoisotopic (exact) mass is 462 g/mol. The van der Waals surface area contributed by atoms with Crippen LogP contribution >= 0.6 is 0 Å². The molecule has 0 aliphatic rings. The largest absolute Gasteiger partial charge is 0.456 e. The molecule has 0 unspecified atom stereocenters. The van der Waals surface area contributed by atoms with Gasteiger partial charge >= 0.3 is 6.01 Å². The Kier molecular flexibility index (Phi) is 5.55. The fourth-order valence-corrected chi connectivity index (χ4v) is 3.94. The van der Waals surface area contributed by atoms with Gasteiger partial charge in [0, 0.05) is 23.7 Å². The molecule has 0 spiro atoms. The maximum Gasteiger partial charge on any atom is 0.336 e. The van der Waals surface area contributed by atoms with Crippen molar-refractivity contribution >= 4 is 11.6 Å². The lowest BCUT2D eigenvalue weighted by atomic mass is 9.95. The highest BCUT2D eigenvalue weighted by molar-refractivity contribution is 5.93. The third-order valence-corrected chi connectivity index (χ3v) is 5.76. The molecule has 4 heterocycles. The molecule has 4 aromatic heterocycles. The number of fused-ring (bicyclic) bond motifs is 1. The lowest BCUT2D eigenvalue weighted by Gasteiger charge is -2.14. The lowest BCUT2D eigenvalue weighted by Crippen LogP contribution is -2.07. The molecule has 0 aliphatic heterocycles. The van der Waals surface area contributed by atoms with E-state index < -0.39 is 0 Å². The Hall–Kier alpha value is -4.84. The summed E-state index contributed by atoms with van der Waals surface area (Å²) < 4.78 is 7.38. The summed E-state index contributed by atoms with van der Waals surface area (Å²) >= 11 is 0. The first-order chi connectivity index (χ1) is 17.0. The van der Waals surface area contributed by atoms with Crippen molar-refractivity contribution in [3.8, 4) is 34.5 Å². The average molecular weight is 463 g/mol. The zero-order valence-electron chi connectivity index (χ0n) is 19.5. The fourth-order valence-electron chi connectivity index (χ4n) is 3.94. The lowest BCUT2D eigenvalue weighted by molar-refractivity contribution is 0.276. The Balaban J connectivity index is 1.70. The topological polar surface area (TPSA) is 128 Å². The molecule has 0 atom stereocenters. The third-order valence-electron chi connectivity index (χ3n) is 5.76. The number of hydrogen-bond acceptors (Lipinski definition) is 8. The van der Waals surface area contributed by atoms with E-state index in [1.165, 1.54) is 4.52 Å². The summed E-state index contributed by atoms with van der Waals surface area (Å²) in [5.41, 5.74) is 13.7. The molecule has 0 fully saturated rings.